The number of rotatable bonds is 6. The van der Waals surface area contributed by atoms with Crippen molar-refractivity contribution >= 4 is 44.8 Å². The highest BCUT2D eigenvalue weighted by atomic mass is 35.5. The lowest BCUT2D eigenvalue weighted by Gasteiger charge is -2.35. The molecule has 1 aliphatic heterocycles. The fourth-order valence-electron chi connectivity index (χ4n) is 2.41. The summed E-state index contributed by atoms with van der Waals surface area (Å²) in [5.41, 5.74) is 0.917. The second-order valence-corrected chi connectivity index (χ2v) is 7.90. The molecule has 0 bridgehead atoms. The Bertz CT molecular complexity index is 646. The summed E-state index contributed by atoms with van der Waals surface area (Å²) in [5, 5.41) is 3.12. The molecular weight excluding hydrogens is 361 g/mol. The van der Waals surface area contributed by atoms with E-state index in [-0.39, 0.29) is 24.1 Å². The number of nitrogens with one attached hydrogen (secondary N) is 1. The monoisotopic (exact) mass is 379 g/mol. The van der Waals surface area contributed by atoms with E-state index in [1.807, 2.05) is 24.3 Å². The Morgan fingerprint density at radius 3 is 2.43 bits per heavy atom. The van der Waals surface area contributed by atoms with Gasteiger partial charge in [0.05, 0.1) is 16.5 Å². The van der Waals surface area contributed by atoms with Gasteiger partial charge in [-0.15, -0.1) is 11.6 Å². The van der Waals surface area contributed by atoms with Crippen LogP contribution in [0.25, 0.3) is 0 Å². The van der Waals surface area contributed by atoms with Crippen LogP contribution in [0.15, 0.2) is 24.3 Å². The number of sulfonamides is 1. The first kappa shape index (κ1) is 18.3. The van der Waals surface area contributed by atoms with Crippen molar-refractivity contribution in [1.82, 2.24) is 9.62 Å². The minimum Gasteiger partial charge on any atom is -0.368 e. The van der Waals surface area contributed by atoms with Crippen molar-refractivity contribution in [3.63, 3.8) is 0 Å². The van der Waals surface area contributed by atoms with Crippen molar-refractivity contribution < 1.29 is 13.2 Å². The highest BCUT2D eigenvalue weighted by Gasteiger charge is 2.27. The Kier molecular flexibility index (Phi) is 6.52. The Morgan fingerprint density at radius 2 is 1.83 bits per heavy atom. The SMILES string of the molecule is O=C(CCl)NCCS(=O)(=O)N1CCN(c2ccccc2Cl)CC1. The van der Waals surface area contributed by atoms with E-state index in [4.69, 9.17) is 23.2 Å². The average Bonchev–Trinajstić information content (AvgIpc) is 2.55. The molecular formula is C14H19Cl2N3O3S. The lowest BCUT2D eigenvalue weighted by atomic mass is 10.2. The molecule has 6 nitrogen and oxygen atoms in total. The molecule has 1 aromatic carbocycles. The molecule has 9 heteroatoms. The Morgan fingerprint density at radius 1 is 1.17 bits per heavy atom. The molecule has 1 amide bonds. The summed E-state index contributed by atoms with van der Waals surface area (Å²) < 4.78 is 26.0. The number of para-hydroxylation sites is 1. The first-order valence-electron chi connectivity index (χ1n) is 7.24. The topological polar surface area (TPSA) is 69.7 Å². The lowest BCUT2D eigenvalue weighted by molar-refractivity contribution is -0.118. The molecule has 0 aliphatic carbocycles. The van der Waals surface area contributed by atoms with E-state index in [1.54, 1.807) is 0 Å². The van der Waals surface area contributed by atoms with Crippen LogP contribution in [0.2, 0.25) is 5.02 Å². The maximum atomic E-state index is 12.3. The van der Waals surface area contributed by atoms with E-state index >= 15 is 0 Å². The highest BCUT2D eigenvalue weighted by Crippen LogP contribution is 2.26. The second kappa shape index (κ2) is 8.19. The van der Waals surface area contributed by atoms with Crippen LogP contribution in [0.3, 0.4) is 0 Å². The standard InChI is InChI=1S/C14H19Cl2N3O3S/c15-11-14(20)17-5-10-23(21,22)19-8-6-18(7-9-19)13-4-2-1-3-12(13)16/h1-4H,5-11H2,(H,17,20). The smallest absolute Gasteiger partial charge is 0.234 e. The van der Waals surface area contributed by atoms with Gasteiger partial charge in [-0.1, -0.05) is 23.7 Å². The summed E-state index contributed by atoms with van der Waals surface area (Å²) in [5.74, 6) is -0.663. The number of benzene rings is 1. The molecule has 1 saturated heterocycles. The molecule has 0 atom stereocenters. The third-order valence-electron chi connectivity index (χ3n) is 3.63. The fraction of sp³-hybridized carbons (Fsp3) is 0.500. The van der Waals surface area contributed by atoms with Crippen LogP contribution < -0.4 is 10.2 Å². The molecule has 1 heterocycles. The van der Waals surface area contributed by atoms with Gasteiger partial charge in [-0.05, 0) is 12.1 Å². The molecule has 1 aromatic rings. The molecule has 0 spiro atoms. The normalized spacial score (nSPS) is 16.3. The van der Waals surface area contributed by atoms with Gasteiger partial charge in [-0.2, -0.15) is 4.31 Å². The van der Waals surface area contributed by atoms with Crippen LogP contribution in [-0.4, -0.2) is 63.0 Å². The van der Waals surface area contributed by atoms with E-state index < -0.39 is 10.0 Å². The Labute approximate surface area is 146 Å². The van der Waals surface area contributed by atoms with Gasteiger partial charge in [-0.3, -0.25) is 4.79 Å². The van der Waals surface area contributed by atoms with Gasteiger partial charge in [0.25, 0.3) is 0 Å². The van der Waals surface area contributed by atoms with E-state index in [1.165, 1.54) is 4.31 Å². The second-order valence-electron chi connectivity index (χ2n) is 5.14. The van der Waals surface area contributed by atoms with Gasteiger partial charge in [-0.25, -0.2) is 8.42 Å². The van der Waals surface area contributed by atoms with Gasteiger partial charge in [0.15, 0.2) is 0 Å². The minimum atomic E-state index is -3.39. The number of alkyl halides is 1. The number of anilines is 1. The largest absolute Gasteiger partial charge is 0.368 e. The molecule has 128 valence electrons. The quantitative estimate of drug-likeness (QED) is 0.752. The van der Waals surface area contributed by atoms with Crippen molar-refractivity contribution in [3.8, 4) is 0 Å². The Balaban J connectivity index is 1.88. The van der Waals surface area contributed by atoms with E-state index in [9.17, 15) is 13.2 Å². The first-order chi connectivity index (χ1) is 10.9. The van der Waals surface area contributed by atoms with Gasteiger partial charge in [0.2, 0.25) is 15.9 Å². The molecule has 0 saturated carbocycles. The zero-order valence-corrected chi connectivity index (χ0v) is 14.9. The summed E-state index contributed by atoms with van der Waals surface area (Å²) in [6, 6.07) is 7.51. The summed E-state index contributed by atoms with van der Waals surface area (Å²) in [4.78, 5) is 13.1. The highest BCUT2D eigenvalue weighted by molar-refractivity contribution is 7.89. The lowest BCUT2D eigenvalue weighted by Crippen LogP contribution is -2.50. The summed E-state index contributed by atoms with van der Waals surface area (Å²) in [6.45, 7) is 2.03. The van der Waals surface area contributed by atoms with Crippen LogP contribution in [0.4, 0.5) is 5.69 Å². The predicted molar refractivity (Wildman–Crippen MR) is 92.8 cm³/mol. The van der Waals surface area contributed by atoms with E-state index in [0.29, 0.717) is 31.2 Å². The maximum Gasteiger partial charge on any atom is 0.234 e. The maximum absolute atomic E-state index is 12.3. The number of carbonyl (C=O) groups is 1. The number of hydrogen-bond donors (Lipinski definition) is 1. The van der Waals surface area contributed by atoms with Gasteiger partial charge < -0.3 is 10.2 Å². The zero-order valence-electron chi connectivity index (χ0n) is 12.5. The van der Waals surface area contributed by atoms with E-state index in [0.717, 1.165) is 5.69 Å². The molecule has 1 fully saturated rings. The Hall–Kier alpha value is -1.02. The third-order valence-corrected chi connectivity index (χ3v) is 6.06. The molecule has 1 N–H and O–H groups in total. The number of piperazine rings is 1. The van der Waals surface area contributed by atoms with Crippen molar-refractivity contribution in [3.05, 3.63) is 29.3 Å². The van der Waals surface area contributed by atoms with Crippen LogP contribution in [0, 0.1) is 0 Å². The summed E-state index contributed by atoms with van der Waals surface area (Å²) in [6.07, 6.45) is 0. The van der Waals surface area contributed by atoms with Crippen molar-refractivity contribution in [2.24, 2.45) is 0 Å². The van der Waals surface area contributed by atoms with Crippen LogP contribution >= 0.6 is 23.2 Å². The van der Waals surface area contributed by atoms with Crippen molar-refractivity contribution in [2.45, 2.75) is 0 Å². The number of amides is 1. The van der Waals surface area contributed by atoms with Gasteiger partial charge >= 0.3 is 0 Å². The van der Waals surface area contributed by atoms with Gasteiger partial charge in [0.1, 0.15) is 5.88 Å². The summed E-state index contributed by atoms with van der Waals surface area (Å²) >= 11 is 11.5. The van der Waals surface area contributed by atoms with Gasteiger partial charge in [0, 0.05) is 32.7 Å². The van der Waals surface area contributed by atoms with Crippen LogP contribution in [0.1, 0.15) is 0 Å². The molecule has 23 heavy (non-hydrogen) atoms. The molecule has 1 aliphatic rings. The fourth-order valence-corrected chi connectivity index (χ4v) is 4.10. The zero-order chi connectivity index (χ0) is 16.9. The molecule has 0 radical (unpaired) electrons. The number of halogens is 2. The average molecular weight is 380 g/mol. The third kappa shape index (κ3) is 4.97. The first-order valence-corrected chi connectivity index (χ1v) is 9.76. The summed E-state index contributed by atoms with van der Waals surface area (Å²) in [7, 11) is -3.39. The van der Waals surface area contributed by atoms with E-state index in [2.05, 4.69) is 10.2 Å². The van der Waals surface area contributed by atoms with Crippen LogP contribution in [0.5, 0.6) is 0 Å². The minimum absolute atomic E-state index is 0.0681. The van der Waals surface area contributed by atoms with Crippen LogP contribution in [-0.2, 0) is 14.8 Å². The van der Waals surface area contributed by atoms with Crippen molar-refractivity contribution in [2.75, 3.05) is 49.3 Å². The van der Waals surface area contributed by atoms with Crippen molar-refractivity contribution in [1.29, 1.82) is 0 Å². The predicted octanol–water partition coefficient (Wildman–Crippen LogP) is 1.15. The molecule has 0 aromatic heterocycles. The number of nitrogens with zero attached hydrogens (tertiary/aromatic N) is 2. The number of hydrogen-bond acceptors (Lipinski definition) is 4. The molecule has 0 unspecified atom stereocenters. The molecule has 2 rings (SSSR count). The number of carbonyl (C=O) groups excluding carboxylic acids is 1.